The summed E-state index contributed by atoms with van der Waals surface area (Å²) >= 11 is 0. The van der Waals surface area contributed by atoms with Gasteiger partial charge in [0.05, 0.1) is 12.4 Å². The van der Waals surface area contributed by atoms with Crippen LogP contribution in [0.2, 0.25) is 0 Å². The second kappa shape index (κ2) is 7.71. The normalized spacial score (nSPS) is 23.7. The van der Waals surface area contributed by atoms with Gasteiger partial charge < -0.3 is 14.5 Å². The molecule has 2 unspecified atom stereocenters. The van der Waals surface area contributed by atoms with E-state index in [1.165, 1.54) is 37.7 Å². The third kappa shape index (κ3) is 4.36. The van der Waals surface area contributed by atoms with Gasteiger partial charge in [-0.15, -0.1) is 0 Å². The number of nitrogens with one attached hydrogen (secondary N) is 1. The fourth-order valence-corrected chi connectivity index (χ4v) is 2.91. The molecule has 0 saturated heterocycles. The lowest BCUT2D eigenvalue weighted by atomic mass is 9.85. The smallest absolute Gasteiger partial charge is 0.129 e. The van der Waals surface area contributed by atoms with E-state index in [1.54, 1.807) is 0 Å². The summed E-state index contributed by atoms with van der Waals surface area (Å²) in [6.07, 6.45) is 8.71. The predicted molar refractivity (Wildman–Crippen MR) is 76.9 cm³/mol. The minimum absolute atomic E-state index is 0.432. The Morgan fingerprint density at radius 2 is 2.16 bits per heavy atom. The highest BCUT2D eigenvalue weighted by Crippen LogP contribution is 2.29. The minimum Gasteiger partial charge on any atom is -0.467 e. The average Bonchev–Trinajstić information content (AvgIpc) is 2.91. The van der Waals surface area contributed by atoms with E-state index in [0.717, 1.165) is 24.8 Å². The van der Waals surface area contributed by atoms with Gasteiger partial charge in [-0.05, 0) is 31.4 Å². The van der Waals surface area contributed by atoms with Gasteiger partial charge in [0.15, 0.2) is 0 Å². The molecule has 1 aromatic heterocycles. The molecule has 3 nitrogen and oxygen atoms in total. The van der Waals surface area contributed by atoms with Gasteiger partial charge in [-0.2, -0.15) is 0 Å². The van der Waals surface area contributed by atoms with Crippen molar-refractivity contribution in [3.05, 3.63) is 23.7 Å². The summed E-state index contributed by atoms with van der Waals surface area (Å²) in [5, 5.41) is 3.30. The van der Waals surface area contributed by atoms with E-state index in [2.05, 4.69) is 25.2 Å². The summed E-state index contributed by atoms with van der Waals surface area (Å²) < 4.78 is 11.6. The molecule has 0 radical (unpaired) electrons. The molecule has 1 heterocycles. The van der Waals surface area contributed by atoms with Crippen molar-refractivity contribution in [1.82, 2.24) is 5.32 Å². The first-order chi connectivity index (χ1) is 9.33. The molecule has 0 bridgehead atoms. The number of hydrogen-bond acceptors (Lipinski definition) is 3. The third-order valence-corrected chi connectivity index (χ3v) is 4.09. The Hall–Kier alpha value is -0.800. The Bertz CT molecular complexity index is 361. The Labute approximate surface area is 116 Å². The van der Waals surface area contributed by atoms with Gasteiger partial charge in [0.2, 0.25) is 0 Å². The van der Waals surface area contributed by atoms with Crippen LogP contribution in [0.15, 0.2) is 16.7 Å². The van der Waals surface area contributed by atoms with Crippen LogP contribution < -0.4 is 5.32 Å². The van der Waals surface area contributed by atoms with Gasteiger partial charge >= 0.3 is 0 Å². The molecule has 0 aliphatic heterocycles. The van der Waals surface area contributed by atoms with Crippen molar-refractivity contribution in [2.24, 2.45) is 5.92 Å². The number of ether oxygens (including phenoxy) is 1. The summed E-state index contributed by atoms with van der Waals surface area (Å²) in [5.74, 6) is 1.69. The SMILES string of the molecule is CCNCc1coc(COC2CCCCC2CC)c1. The molecule has 3 heteroatoms. The van der Waals surface area contributed by atoms with Crippen molar-refractivity contribution in [3.8, 4) is 0 Å². The molecular weight excluding hydrogens is 238 g/mol. The zero-order chi connectivity index (χ0) is 13.5. The molecule has 1 aliphatic rings. The Morgan fingerprint density at radius 3 is 2.95 bits per heavy atom. The van der Waals surface area contributed by atoms with Crippen LogP contribution in [0.5, 0.6) is 0 Å². The van der Waals surface area contributed by atoms with Crippen molar-refractivity contribution in [3.63, 3.8) is 0 Å². The molecule has 1 N–H and O–H groups in total. The van der Waals surface area contributed by atoms with Gasteiger partial charge in [-0.1, -0.05) is 33.1 Å². The topological polar surface area (TPSA) is 34.4 Å². The van der Waals surface area contributed by atoms with Crippen LogP contribution in [-0.4, -0.2) is 12.6 Å². The fourth-order valence-electron chi connectivity index (χ4n) is 2.91. The molecule has 2 atom stereocenters. The van der Waals surface area contributed by atoms with E-state index in [9.17, 15) is 0 Å². The summed E-state index contributed by atoms with van der Waals surface area (Å²) in [6.45, 7) is 6.86. The van der Waals surface area contributed by atoms with Crippen LogP contribution in [0.3, 0.4) is 0 Å². The lowest BCUT2D eigenvalue weighted by Crippen LogP contribution is -2.27. The molecule has 108 valence electrons. The first kappa shape index (κ1) is 14.6. The van der Waals surface area contributed by atoms with Crippen molar-refractivity contribution < 1.29 is 9.15 Å². The maximum atomic E-state index is 6.08. The van der Waals surface area contributed by atoms with Crippen LogP contribution in [0.4, 0.5) is 0 Å². The average molecular weight is 265 g/mol. The Morgan fingerprint density at radius 1 is 1.32 bits per heavy atom. The molecular formula is C16H27NO2. The highest BCUT2D eigenvalue weighted by Gasteiger charge is 2.24. The third-order valence-electron chi connectivity index (χ3n) is 4.09. The zero-order valence-electron chi connectivity index (χ0n) is 12.3. The molecule has 1 aliphatic carbocycles. The van der Waals surface area contributed by atoms with E-state index in [-0.39, 0.29) is 0 Å². The minimum atomic E-state index is 0.432. The molecule has 1 aromatic rings. The molecule has 1 fully saturated rings. The lowest BCUT2D eigenvalue weighted by molar-refractivity contribution is -0.0283. The van der Waals surface area contributed by atoms with Crippen molar-refractivity contribution >= 4 is 0 Å². The van der Waals surface area contributed by atoms with Gasteiger partial charge in [0.25, 0.3) is 0 Å². The van der Waals surface area contributed by atoms with Crippen molar-refractivity contribution in [2.75, 3.05) is 6.54 Å². The van der Waals surface area contributed by atoms with E-state index >= 15 is 0 Å². The lowest BCUT2D eigenvalue weighted by Gasteiger charge is -2.30. The first-order valence-electron chi connectivity index (χ1n) is 7.72. The number of hydrogen-bond donors (Lipinski definition) is 1. The van der Waals surface area contributed by atoms with Crippen LogP contribution in [0, 0.1) is 5.92 Å². The van der Waals surface area contributed by atoms with Gasteiger partial charge in [-0.3, -0.25) is 0 Å². The van der Waals surface area contributed by atoms with E-state index in [0.29, 0.717) is 12.7 Å². The maximum absolute atomic E-state index is 6.08. The van der Waals surface area contributed by atoms with Crippen molar-refractivity contribution in [1.29, 1.82) is 0 Å². The Balaban J connectivity index is 1.79. The monoisotopic (exact) mass is 265 g/mol. The molecule has 2 rings (SSSR count). The molecule has 0 amide bonds. The van der Waals surface area contributed by atoms with Crippen molar-refractivity contribution in [2.45, 2.75) is 65.2 Å². The predicted octanol–water partition coefficient (Wildman–Crippen LogP) is 3.87. The van der Waals surface area contributed by atoms with E-state index in [1.807, 2.05) is 6.26 Å². The number of rotatable bonds is 7. The van der Waals surface area contributed by atoms with Crippen LogP contribution in [-0.2, 0) is 17.9 Å². The summed E-state index contributed by atoms with van der Waals surface area (Å²) in [7, 11) is 0. The second-order valence-corrected chi connectivity index (χ2v) is 5.50. The molecule has 0 spiro atoms. The zero-order valence-corrected chi connectivity index (χ0v) is 12.3. The molecule has 0 aromatic carbocycles. The summed E-state index contributed by atoms with van der Waals surface area (Å²) in [5.41, 5.74) is 1.20. The van der Waals surface area contributed by atoms with E-state index < -0.39 is 0 Å². The van der Waals surface area contributed by atoms with Crippen LogP contribution in [0.1, 0.15) is 57.3 Å². The summed E-state index contributed by atoms with van der Waals surface area (Å²) in [4.78, 5) is 0. The largest absolute Gasteiger partial charge is 0.467 e. The van der Waals surface area contributed by atoms with Gasteiger partial charge in [-0.25, -0.2) is 0 Å². The maximum Gasteiger partial charge on any atom is 0.129 e. The summed E-state index contributed by atoms with van der Waals surface area (Å²) in [6, 6.07) is 2.10. The highest BCUT2D eigenvalue weighted by molar-refractivity contribution is 5.12. The first-order valence-corrected chi connectivity index (χ1v) is 7.72. The standard InChI is InChI=1S/C16H27NO2/c1-3-14-7-5-6-8-16(14)19-12-15-9-13(11-18-15)10-17-4-2/h9,11,14,16-17H,3-8,10,12H2,1-2H3. The molecule has 1 saturated carbocycles. The number of furan rings is 1. The van der Waals surface area contributed by atoms with Crippen LogP contribution >= 0.6 is 0 Å². The molecule has 19 heavy (non-hydrogen) atoms. The second-order valence-electron chi connectivity index (χ2n) is 5.50. The highest BCUT2D eigenvalue weighted by atomic mass is 16.5. The Kier molecular flexibility index (Phi) is 5.93. The van der Waals surface area contributed by atoms with Gasteiger partial charge in [0.1, 0.15) is 12.4 Å². The fraction of sp³-hybridized carbons (Fsp3) is 0.750. The van der Waals surface area contributed by atoms with E-state index in [4.69, 9.17) is 9.15 Å². The van der Waals surface area contributed by atoms with Gasteiger partial charge in [0, 0.05) is 12.1 Å². The van der Waals surface area contributed by atoms with Crippen LogP contribution in [0.25, 0.3) is 0 Å². The quantitative estimate of drug-likeness (QED) is 0.812.